The summed E-state index contributed by atoms with van der Waals surface area (Å²) in [6, 6.07) is 10.6. The average Bonchev–Trinajstić information content (AvgIpc) is 2.65. The molecule has 2 aromatic rings. The molecule has 0 heterocycles. The van der Waals surface area contributed by atoms with Gasteiger partial charge in [0.05, 0.1) is 0 Å². The maximum absolute atomic E-state index is 9.24. The van der Waals surface area contributed by atoms with Gasteiger partial charge in [0.15, 0.2) is 0 Å². The molecule has 0 saturated heterocycles. The van der Waals surface area contributed by atoms with Gasteiger partial charge in [-0.25, -0.2) is 0 Å². The van der Waals surface area contributed by atoms with E-state index in [9.17, 15) is 5.02 Å². The van der Waals surface area contributed by atoms with E-state index in [4.69, 9.17) is 0 Å². The Labute approximate surface area is 83.7 Å². The van der Waals surface area contributed by atoms with E-state index in [0.717, 1.165) is 18.3 Å². The molecule has 1 aliphatic carbocycles. The lowest BCUT2D eigenvalue weighted by atomic mass is 9.83. The second-order valence-electron chi connectivity index (χ2n) is 3.88. The number of aryl methyl sites for hydroxylation is 2. The van der Waals surface area contributed by atoms with Gasteiger partial charge in [0.25, 0.3) is 0 Å². The molecule has 1 aliphatic rings. The van der Waals surface area contributed by atoms with Crippen LogP contribution in [0.5, 0.6) is 0 Å². The van der Waals surface area contributed by atoms with Crippen molar-refractivity contribution in [2.24, 2.45) is 0 Å². The van der Waals surface area contributed by atoms with E-state index >= 15 is 0 Å². The van der Waals surface area contributed by atoms with Crippen LogP contribution in [0.3, 0.4) is 0 Å². The highest BCUT2D eigenvalue weighted by Gasteiger charge is 2.15. The van der Waals surface area contributed by atoms with Crippen molar-refractivity contribution in [3.8, 4) is 0 Å². The first-order chi connectivity index (χ1) is 6.90. The van der Waals surface area contributed by atoms with Crippen LogP contribution in [0.15, 0.2) is 30.3 Å². The molecule has 0 atom stereocenters. The Morgan fingerprint density at radius 1 is 1.00 bits per heavy atom. The summed E-state index contributed by atoms with van der Waals surface area (Å²) in [6.45, 7) is 0. The SMILES string of the molecule is OBc1ccc2c3c(cccc13)CC2. The van der Waals surface area contributed by atoms with Crippen molar-refractivity contribution >= 4 is 23.7 Å². The molecule has 68 valence electrons. The molecule has 2 aromatic carbocycles. The lowest BCUT2D eigenvalue weighted by Gasteiger charge is -2.05. The first-order valence-corrected chi connectivity index (χ1v) is 5.03. The van der Waals surface area contributed by atoms with Gasteiger partial charge in [0.1, 0.15) is 0 Å². The largest absolute Gasteiger partial charge is 0.449 e. The van der Waals surface area contributed by atoms with Crippen LogP contribution in [0, 0.1) is 0 Å². The van der Waals surface area contributed by atoms with Gasteiger partial charge in [0, 0.05) is 0 Å². The van der Waals surface area contributed by atoms with Crippen molar-refractivity contribution in [2.45, 2.75) is 12.8 Å². The fraction of sp³-hybridized carbons (Fsp3) is 0.167. The Kier molecular flexibility index (Phi) is 1.65. The summed E-state index contributed by atoms with van der Waals surface area (Å²) in [5.74, 6) is 0. The Morgan fingerprint density at radius 3 is 2.57 bits per heavy atom. The third-order valence-electron chi connectivity index (χ3n) is 3.14. The van der Waals surface area contributed by atoms with E-state index in [1.54, 1.807) is 0 Å². The standard InChI is InChI=1S/C12H11BO/c14-13-11-7-6-9-5-4-8-2-1-3-10(11)12(8)9/h1-3,6-7,13-14H,4-5H2. The van der Waals surface area contributed by atoms with E-state index in [1.807, 2.05) is 6.07 Å². The third kappa shape index (κ3) is 0.947. The smallest absolute Gasteiger partial charge is 0.305 e. The summed E-state index contributed by atoms with van der Waals surface area (Å²) in [7, 11) is 0.139. The summed E-state index contributed by atoms with van der Waals surface area (Å²) in [5, 5.41) is 11.9. The highest BCUT2D eigenvalue weighted by Crippen LogP contribution is 2.29. The van der Waals surface area contributed by atoms with Crippen LogP contribution in [0.1, 0.15) is 11.1 Å². The van der Waals surface area contributed by atoms with Crippen molar-refractivity contribution in [3.05, 3.63) is 41.5 Å². The molecule has 14 heavy (non-hydrogen) atoms. The first kappa shape index (κ1) is 8.07. The van der Waals surface area contributed by atoms with Gasteiger partial charge in [-0.15, -0.1) is 0 Å². The predicted octanol–water partition coefficient (Wildman–Crippen LogP) is 0.907. The molecular weight excluding hydrogens is 171 g/mol. The minimum absolute atomic E-state index is 0.139. The normalized spacial score (nSPS) is 13.5. The van der Waals surface area contributed by atoms with Gasteiger partial charge >= 0.3 is 7.48 Å². The van der Waals surface area contributed by atoms with Crippen LogP contribution >= 0.6 is 0 Å². The molecule has 0 radical (unpaired) electrons. The maximum atomic E-state index is 9.24. The maximum Gasteiger partial charge on any atom is 0.305 e. The van der Waals surface area contributed by atoms with Gasteiger partial charge in [-0.2, -0.15) is 0 Å². The zero-order valence-corrected chi connectivity index (χ0v) is 7.96. The predicted molar refractivity (Wildman–Crippen MR) is 60.4 cm³/mol. The fourth-order valence-electron chi connectivity index (χ4n) is 2.45. The number of hydrogen-bond acceptors (Lipinski definition) is 1. The van der Waals surface area contributed by atoms with E-state index in [0.29, 0.717) is 0 Å². The molecule has 2 heteroatoms. The fourth-order valence-corrected chi connectivity index (χ4v) is 2.45. The molecule has 1 N–H and O–H groups in total. The van der Waals surface area contributed by atoms with Gasteiger partial charge < -0.3 is 5.02 Å². The van der Waals surface area contributed by atoms with Gasteiger partial charge in [-0.1, -0.05) is 30.3 Å². The highest BCUT2D eigenvalue weighted by atomic mass is 16.2. The van der Waals surface area contributed by atoms with Crippen molar-refractivity contribution in [2.75, 3.05) is 0 Å². The zero-order valence-electron chi connectivity index (χ0n) is 7.96. The van der Waals surface area contributed by atoms with Crippen LogP contribution in [0.25, 0.3) is 10.8 Å². The lowest BCUT2D eigenvalue weighted by Crippen LogP contribution is -2.14. The summed E-state index contributed by atoms with van der Waals surface area (Å²) in [4.78, 5) is 0. The van der Waals surface area contributed by atoms with Crippen LogP contribution in [0.4, 0.5) is 0 Å². The van der Waals surface area contributed by atoms with Gasteiger partial charge in [0.2, 0.25) is 0 Å². The number of benzene rings is 2. The molecule has 0 unspecified atom stereocenters. The van der Waals surface area contributed by atoms with Crippen molar-refractivity contribution in [1.29, 1.82) is 0 Å². The Morgan fingerprint density at radius 2 is 1.79 bits per heavy atom. The second-order valence-corrected chi connectivity index (χ2v) is 3.88. The van der Waals surface area contributed by atoms with E-state index in [-0.39, 0.29) is 7.48 Å². The minimum Gasteiger partial charge on any atom is -0.449 e. The van der Waals surface area contributed by atoms with Crippen molar-refractivity contribution in [1.82, 2.24) is 0 Å². The summed E-state index contributed by atoms with van der Waals surface area (Å²) < 4.78 is 0. The molecule has 0 spiro atoms. The first-order valence-electron chi connectivity index (χ1n) is 5.03. The highest BCUT2D eigenvalue weighted by molar-refractivity contribution is 6.50. The van der Waals surface area contributed by atoms with Crippen LogP contribution in [-0.2, 0) is 12.8 Å². The summed E-state index contributed by atoms with van der Waals surface area (Å²) in [5.41, 5.74) is 3.92. The minimum atomic E-state index is 0.139. The van der Waals surface area contributed by atoms with E-state index in [2.05, 4.69) is 24.3 Å². The molecule has 3 rings (SSSR count). The quantitative estimate of drug-likeness (QED) is 0.649. The van der Waals surface area contributed by atoms with Crippen LogP contribution in [-0.4, -0.2) is 12.5 Å². The molecule has 0 aliphatic heterocycles. The van der Waals surface area contributed by atoms with Crippen LogP contribution < -0.4 is 5.46 Å². The zero-order chi connectivity index (χ0) is 9.54. The van der Waals surface area contributed by atoms with Crippen molar-refractivity contribution < 1.29 is 5.02 Å². The Hall–Kier alpha value is -1.28. The topological polar surface area (TPSA) is 20.2 Å². The van der Waals surface area contributed by atoms with E-state index < -0.39 is 0 Å². The monoisotopic (exact) mass is 182 g/mol. The summed E-state index contributed by atoms with van der Waals surface area (Å²) >= 11 is 0. The number of hydrogen-bond donors (Lipinski definition) is 1. The van der Waals surface area contributed by atoms with Crippen LogP contribution in [0.2, 0.25) is 0 Å². The molecule has 0 aromatic heterocycles. The average molecular weight is 182 g/mol. The number of rotatable bonds is 1. The molecule has 0 amide bonds. The van der Waals surface area contributed by atoms with Crippen molar-refractivity contribution in [3.63, 3.8) is 0 Å². The Bertz CT molecular complexity index is 495. The molecule has 1 nitrogen and oxygen atoms in total. The van der Waals surface area contributed by atoms with E-state index in [1.165, 1.54) is 21.9 Å². The second kappa shape index (κ2) is 2.86. The lowest BCUT2D eigenvalue weighted by molar-refractivity contribution is 0.616. The Balaban J connectivity index is 2.48. The molecule has 0 fully saturated rings. The third-order valence-corrected chi connectivity index (χ3v) is 3.14. The van der Waals surface area contributed by atoms with Gasteiger partial charge in [-0.3, -0.25) is 0 Å². The molecular formula is C12H11BO. The summed E-state index contributed by atoms with van der Waals surface area (Å²) in [6.07, 6.45) is 2.31. The molecule has 0 saturated carbocycles. The molecule has 0 bridgehead atoms. The van der Waals surface area contributed by atoms with Gasteiger partial charge in [-0.05, 0) is 40.2 Å².